The van der Waals surface area contributed by atoms with Gasteiger partial charge in [0.1, 0.15) is 0 Å². The molecule has 21 heavy (non-hydrogen) atoms. The molecule has 0 fully saturated rings. The topological polar surface area (TPSA) is 54.4 Å². The van der Waals surface area contributed by atoms with Gasteiger partial charge in [0, 0.05) is 10.3 Å². The zero-order valence-corrected chi connectivity index (χ0v) is 14.5. The van der Waals surface area contributed by atoms with Crippen LogP contribution in [0.5, 0.6) is 0 Å². The maximum atomic E-state index is 14.0. The van der Waals surface area contributed by atoms with Gasteiger partial charge >= 0.3 is 5.97 Å². The fourth-order valence-electron chi connectivity index (χ4n) is 1.92. The van der Waals surface area contributed by atoms with E-state index in [1.807, 2.05) is 0 Å². The van der Waals surface area contributed by atoms with Crippen LogP contribution in [0.1, 0.15) is 49.2 Å². The van der Waals surface area contributed by atoms with Crippen molar-refractivity contribution in [3.05, 3.63) is 28.8 Å². The Balaban J connectivity index is 3.80. The Bertz CT molecular complexity index is 589. The summed E-state index contributed by atoms with van der Waals surface area (Å²) in [5.41, 5.74) is 0.101. The zero-order chi connectivity index (χ0) is 16.6. The second-order valence-electron chi connectivity index (χ2n) is 5.51. The van der Waals surface area contributed by atoms with Crippen LogP contribution >= 0.6 is 23.2 Å². The third-order valence-corrected chi connectivity index (χ3v) is 5.25. The van der Waals surface area contributed by atoms with Crippen LogP contribution in [0.4, 0.5) is 4.39 Å². The van der Waals surface area contributed by atoms with E-state index in [1.54, 1.807) is 27.7 Å². The van der Waals surface area contributed by atoms with Gasteiger partial charge in [-0.25, -0.2) is 9.18 Å². The van der Waals surface area contributed by atoms with Crippen molar-refractivity contribution in [3.8, 4) is 0 Å². The molecule has 1 N–H and O–H groups in total. The number of hydrogen-bond acceptors (Lipinski definition) is 2. The molecule has 0 amide bonds. The summed E-state index contributed by atoms with van der Waals surface area (Å²) in [6, 6.07) is 2.42. The van der Waals surface area contributed by atoms with Gasteiger partial charge in [-0.3, -0.25) is 4.21 Å². The third kappa shape index (κ3) is 3.96. The minimum absolute atomic E-state index is 0.0218. The van der Waals surface area contributed by atoms with Crippen LogP contribution in [-0.4, -0.2) is 20.0 Å². The van der Waals surface area contributed by atoms with Crippen LogP contribution in [0.2, 0.25) is 0 Å². The van der Waals surface area contributed by atoms with Crippen molar-refractivity contribution in [1.82, 2.24) is 0 Å². The molecule has 0 aromatic heterocycles. The Kier molecular flexibility index (Phi) is 5.45. The summed E-state index contributed by atoms with van der Waals surface area (Å²) in [4.78, 5) is 11.4. The predicted molar refractivity (Wildman–Crippen MR) is 83.4 cm³/mol. The minimum Gasteiger partial charge on any atom is -0.478 e. The monoisotopic (exact) mass is 354 g/mol. The molecule has 0 saturated heterocycles. The molecule has 3 nitrogen and oxygen atoms in total. The first-order valence-corrected chi connectivity index (χ1v) is 8.20. The molecular formula is C14H17Cl2FO3S. The van der Waals surface area contributed by atoms with Gasteiger partial charge in [-0.1, -0.05) is 36.2 Å². The minimum atomic E-state index is -2.74. The number of halogens is 3. The molecule has 7 heteroatoms. The van der Waals surface area contributed by atoms with Gasteiger partial charge in [-0.05, 0) is 38.8 Å². The molecule has 0 aliphatic rings. The fourth-order valence-corrected chi connectivity index (χ4v) is 3.85. The summed E-state index contributed by atoms with van der Waals surface area (Å²) in [7, 11) is -1.67. The Morgan fingerprint density at radius 2 is 1.86 bits per heavy atom. The van der Waals surface area contributed by atoms with Crippen molar-refractivity contribution in [2.24, 2.45) is 0 Å². The van der Waals surface area contributed by atoms with Crippen molar-refractivity contribution in [2.45, 2.75) is 48.3 Å². The van der Waals surface area contributed by atoms with Gasteiger partial charge < -0.3 is 5.11 Å². The number of alkyl halides is 3. The average molecular weight is 355 g/mol. The fraction of sp³-hybridized carbons (Fsp3) is 0.500. The third-order valence-electron chi connectivity index (χ3n) is 2.89. The highest BCUT2D eigenvalue weighted by Crippen LogP contribution is 2.42. The van der Waals surface area contributed by atoms with E-state index in [2.05, 4.69) is 0 Å². The first kappa shape index (κ1) is 18.4. The number of benzene rings is 1. The summed E-state index contributed by atoms with van der Waals surface area (Å²) in [6.45, 7) is 6.84. The number of carbonyl (C=O) groups is 1. The van der Waals surface area contributed by atoms with Gasteiger partial charge in [0.2, 0.25) is 0 Å². The molecule has 0 unspecified atom stereocenters. The Morgan fingerprint density at radius 3 is 2.19 bits per heavy atom. The van der Waals surface area contributed by atoms with Gasteiger partial charge in [-0.15, -0.1) is 0 Å². The Hall–Kier alpha value is -0.650. The summed E-state index contributed by atoms with van der Waals surface area (Å²) >= 11 is 11.1. The second kappa shape index (κ2) is 6.23. The normalized spacial score (nSPS) is 14.0. The number of carboxylic acid groups (broad SMARTS) is 1. The van der Waals surface area contributed by atoms with Crippen LogP contribution in [0.3, 0.4) is 0 Å². The van der Waals surface area contributed by atoms with Crippen LogP contribution in [0.15, 0.2) is 17.0 Å². The van der Waals surface area contributed by atoms with E-state index in [9.17, 15) is 18.5 Å². The summed E-state index contributed by atoms with van der Waals surface area (Å²) in [5.74, 6) is -1.17. The standard InChI is InChI=1S/C14H17Cl2FO3S/c1-5-8-9(12(18)19)6-7-10(14(15,16)17)11(8)21(20)13(2,3)4/h6-7H,5H2,1-4H3,(H,18,19)/t21-/m1/s1. The van der Waals surface area contributed by atoms with Crippen molar-refractivity contribution >= 4 is 40.0 Å². The van der Waals surface area contributed by atoms with Crippen LogP contribution in [-0.2, 0) is 21.8 Å². The molecule has 0 aliphatic carbocycles. The molecule has 1 aromatic rings. The predicted octanol–water partition coefficient (Wildman–Crippen LogP) is 4.41. The van der Waals surface area contributed by atoms with Crippen molar-refractivity contribution < 1.29 is 18.5 Å². The van der Waals surface area contributed by atoms with Crippen molar-refractivity contribution in [1.29, 1.82) is 0 Å². The lowest BCUT2D eigenvalue weighted by Gasteiger charge is -2.25. The quantitative estimate of drug-likeness (QED) is 0.814. The molecule has 0 radical (unpaired) electrons. The Labute approximate surface area is 135 Å². The highest BCUT2D eigenvalue weighted by Gasteiger charge is 2.36. The van der Waals surface area contributed by atoms with E-state index >= 15 is 0 Å². The van der Waals surface area contributed by atoms with Gasteiger partial charge in [-0.2, -0.15) is 0 Å². The SMILES string of the molecule is CCc1c(C(=O)O)ccc(C(F)(Cl)Cl)c1[S@@](=O)C(C)(C)C. The summed E-state index contributed by atoms with van der Waals surface area (Å²) in [6.07, 6.45) is 0.274. The second-order valence-corrected chi connectivity index (χ2v) is 8.91. The Morgan fingerprint density at radius 1 is 1.33 bits per heavy atom. The van der Waals surface area contributed by atoms with Crippen molar-refractivity contribution in [2.75, 3.05) is 0 Å². The van der Waals surface area contributed by atoms with E-state index in [-0.39, 0.29) is 28.0 Å². The number of rotatable bonds is 4. The number of aromatic carboxylic acids is 1. The number of carboxylic acids is 1. The van der Waals surface area contributed by atoms with Gasteiger partial charge in [0.25, 0.3) is 4.59 Å². The summed E-state index contributed by atoms with van der Waals surface area (Å²) < 4.78 is 23.3. The molecule has 0 aliphatic heterocycles. The highest BCUT2D eigenvalue weighted by atomic mass is 35.5. The molecule has 1 aromatic carbocycles. The van der Waals surface area contributed by atoms with Gasteiger partial charge in [0.05, 0.1) is 21.3 Å². The van der Waals surface area contributed by atoms with E-state index in [4.69, 9.17) is 23.2 Å². The van der Waals surface area contributed by atoms with E-state index < -0.39 is 26.1 Å². The largest absolute Gasteiger partial charge is 0.478 e. The highest BCUT2D eigenvalue weighted by molar-refractivity contribution is 7.86. The van der Waals surface area contributed by atoms with Gasteiger partial charge in [0.15, 0.2) is 0 Å². The van der Waals surface area contributed by atoms with E-state index in [1.165, 1.54) is 12.1 Å². The summed E-state index contributed by atoms with van der Waals surface area (Å²) in [5, 5.41) is 9.24. The molecule has 0 saturated carbocycles. The smallest absolute Gasteiger partial charge is 0.336 e. The van der Waals surface area contributed by atoms with E-state index in [0.29, 0.717) is 0 Å². The molecular weight excluding hydrogens is 338 g/mol. The van der Waals surface area contributed by atoms with Crippen LogP contribution in [0, 0.1) is 0 Å². The molecule has 0 heterocycles. The maximum absolute atomic E-state index is 14.0. The molecule has 0 bridgehead atoms. The first-order chi connectivity index (χ1) is 9.41. The van der Waals surface area contributed by atoms with Crippen LogP contribution < -0.4 is 0 Å². The van der Waals surface area contributed by atoms with Crippen LogP contribution in [0.25, 0.3) is 0 Å². The average Bonchev–Trinajstić information content (AvgIpc) is 2.33. The molecule has 1 rings (SSSR count). The molecule has 1 atom stereocenters. The molecule has 0 spiro atoms. The lowest BCUT2D eigenvalue weighted by Crippen LogP contribution is -2.26. The van der Waals surface area contributed by atoms with Crippen molar-refractivity contribution in [3.63, 3.8) is 0 Å². The van der Waals surface area contributed by atoms with E-state index in [0.717, 1.165) is 0 Å². The molecule has 118 valence electrons. The lowest BCUT2D eigenvalue weighted by atomic mass is 10.0. The number of hydrogen-bond donors (Lipinski definition) is 1. The first-order valence-electron chi connectivity index (χ1n) is 6.29. The lowest BCUT2D eigenvalue weighted by molar-refractivity contribution is 0.0695. The maximum Gasteiger partial charge on any atom is 0.336 e. The zero-order valence-electron chi connectivity index (χ0n) is 12.2.